The van der Waals surface area contributed by atoms with Gasteiger partial charge in [0.2, 0.25) is 5.91 Å². The molecule has 2 aromatic rings. The fourth-order valence-electron chi connectivity index (χ4n) is 4.41. The average molecular weight is 542 g/mol. The number of pyridine rings is 1. The molecule has 0 radical (unpaired) electrons. The molecule has 1 aliphatic heterocycles. The van der Waals surface area contributed by atoms with Crippen molar-refractivity contribution in [3.8, 4) is 0 Å². The van der Waals surface area contributed by atoms with Gasteiger partial charge in [0.1, 0.15) is 11.2 Å². The van der Waals surface area contributed by atoms with Crippen LogP contribution in [0.2, 0.25) is 0 Å². The first-order valence-corrected chi connectivity index (χ1v) is 13.5. The molecule has 1 aliphatic rings. The van der Waals surface area contributed by atoms with Crippen LogP contribution in [0.4, 0.5) is 21.0 Å². The summed E-state index contributed by atoms with van der Waals surface area (Å²) in [5.74, 6) is -0.462. The summed E-state index contributed by atoms with van der Waals surface area (Å²) in [5, 5.41) is 6.60. The summed E-state index contributed by atoms with van der Waals surface area (Å²) < 4.78 is 12.4. The molecule has 3 heterocycles. The number of hydrogen-bond donors (Lipinski definition) is 2. The summed E-state index contributed by atoms with van der Waals surface area (Å²) >= 11 is 0. The van der Waals surface area contributed by atoms with E-state index in [1.807, 2.05) is 27.7 Å². The van der Waals surface area contributed by atoms with Gasteiger partial charge >= 0.3 is 12.2 Å². The van der Waals surface area contributed by atoms with E-state index in [9.17, 15) is 14.4 Å². The highest BCUT2D eigenvalue weighted by atomic mass is 16.6. The van der Waals surface area contributed by atoms with Crippen molar-refractivity contribution in [3.05, 3.63) is 24.5 Å². The SMILES string of the molecule is C=C(C)c1cnc2c(c(NC(=O)C(C)C)cn2C(=O)OC(C)(C)C)c1N1CCCC(NC(=O)OC(C)(C)C)C1. The van der Waals surface area contributed by atoms with Crippen LogP contribution in [0.25, 0.3) is 16.6 Å². The van der Waals surface area contributed by atoms with Crippen molar-refractivity contribution in [2.75, 3.05) is 23.3 Å². The summed E-state index contributed by atoms with van der Waals surface area (Å²) in [6.07, 6.45) is 3.82. The molecule has 1 unspecified atom stereocenters. The van der Waals surface area contributed by atoms with Gasteiger partial charge in [-0.05, 0) is 66.9 Å². The van der Waals surface area contributed by atoms with Gasteiger partial charge in [-0.3, -0.25) is 4.79 Å². The van der Waals surface area contributed by atoms with Gasteiger partial charge in [-0.15, -0.1) is 0 Å². The van der Waals surface area contributed by atoms with E-state index >= 15 is 0 Å². The first kappa shape index (κ1) is 30.0. The first-order chi connectivity index (χ1) is 18.0. The van der Waals surface area contributed by atoms with E-state index in [0.717, 1.165) is 29.7 Å². The second-order valence-corrected chi connectivity index (χ2v) is 12.5. The van der Waals surface area contributed by atoms with Crippen LogP contribution in [0.5, 0.6) is 0 Å². The number of nitrogens with zero attached hydrogens (tertiary/aromatic N) is 3. The number of rotatable bonds is 5. The van der Waals surface area contributed by atoms with Crippen LogP contribution in [-0.4, -0.2) is 58.0 Å². The molecule has 39 heavy (non-hydrogen) atoms. The zero-order valence-corrected chi connectivity index (χ0v) is 24.7. The predicted octanol–water partition coefficient (Wildman–Crippen LogP) is 5.94. The number of carbonyl (C=O) groups is 3. The molecular formula is C29H43N5O5. The lowest BCUT2D eigenvalue weighted by Gasteiger charge is -2.36. The number of hydrogen-bond acceptors (Lipinski definition) is 7. The second-order valence-electron chi connectivity index (χ2n) is 12.5. The smallest absolute Gasteiger partial charge is 0.420 e. The van der Waals surface area contributed by atoms with Gasteiger partial charge in [-0.2, -0.15) is 0 Å². The fraction of sp³-hybridized carbons (Fsp3) is 0.586. The van der Waals surface area contributed by atoms with E-state index in [0.29, 0.717) is 29.8 Å². The minimum Gasteiger partial charge on any atom is -0.444 e. The van der Waals surface area contributed by atoms with Gasteiger partial charge in [0, 0.05) is 43.0 Å². The van der Waals surface area contributed by atoms with Gasteiger partial charge in [-0.25, -0.2) is 19.1 Å². The lowest BCUT2D eigenvalue weighted by Crippen LogP contribution is -2.49. The molecule has 214 valence electrons. The highest BCUT2D eigenvalue weighted by Crippen LogP contribution is 2.40. The van der Waals surface area contributed by atoms with E-state index in [1.54, 1.807) is 47.0 Å². The minimum absolute atomic E-state index is 0.156. The van der Waals surface area contributed by atoms with Gasteiger partial charge in [0.05, 0.1) is 16.8 Å². The molecule has 0 saturated carbocycles. The Hall–Kier alpha value is -3.56. The lowest BCUT2D eigenvalue weighted by atomic mass is 10.00. The molecule has 10 nitrogen and oxygen atoms in total. The number of fused-ring (bicyclic) bond motifs is 1. The molecule has 0 aliphatic carbocycles. The third-order valence-electron chi connectivity index (χ3n) is 6.08. The number of piperidine rings is 1. The minimum atomic E-state index is -0.719. The van der Waals surface area contributed by atoms with Gasteiger partial charge < -0.3 is 25.0 Å². The number of carbonyl (C=O) groups excluding carboxylic acids is 3. The van der Waals surface area contributed by atoms with E-state index in [-0.39, 0.29) is 17.9 Å². The summed E-state index contributed by atoms with van der Waals surface area (Å²) in [7, 11) is 0. The summed E-state index contributed by atoms with van der Waals surface area (Å²) in [6, 6.07) is -0.156. The molecule has 0 aromatic carbocycles. The monoisotopic (exact) mass is 541 g/mol. The first-order valence-electron chi connectivity index (χ1n) is 13.5. The molecule has 1 saturated heterocycles. The molecule has 2 amide bonds. The average Bonchev–Trinajstić information content (AvgIpc) is 3.14. The highest BCUT2D eigenvalue weighted by molar-refractivity contribution is 6.11. The fourth-order valence-corrected chi connectivity index (χ4v) is 4.41. The topological polar surface area (TPSA) is 115 Å². The Bertz CT molecular complexity index is 1270. The second kappa shape index (κ2) is 11.3. The number of alkyl carbamates (subject to hydrolysis) is 1. The summed E-state index contributed by atoms with van der Waals surface area (Å²) in [5.41, 5.74) is 1.88. The lowest BCUT2D eigenvalue weighted by molar-refractivity contribution is -0.118. The Labute approximate surface area is 231 Å². The van der Waals surface area contributed by atoms with Crippen molar-refractivity contribution in [2.24, 2.45) is 5.92 Å². The van der Waals surface area contributed by atoms with Crippen molar-refractivity contribution >= 4 is 46.1 Å². The predicted molar refractivity (Wildman–Crippen MR) is 154 cm³/mol. The zero-order valence-electron chi connectivity index (χ0n) is 24.7. The maximum absolute atomic E-state index is 13.2. The number of allylic oxidation sites excluding steroid dienone is 1. The number of nitrogens with one attached hydrogen (secondary N) is 2. The normalized spacial score (nSPS) is 16.3. The Kier molecular flexibility index (Phi) is 8.67. The van der Waals surface area contributed by atoms with Crippen molar-refractivity contribution in [3.63, 3.8) is 0 Å². The maximum atomic E-state index is 13.2. The quantitative estimate of drug-likeness (QED) is 0.481. The third kappa shape index (κ3) is 7.52. The van der Waals surface area contributed by atoms with Crippen LogP contribution in [0.3, 0.4) is 0 Å². The Morgan fingerprint density at radius 2 is 1.74 bits per heavy atom. The molecule has 2 N–H and O–H groups in total. The zero-order chi connectivity index (χ0) is 29.3. The van der Waals surface area contributed by atoms with Crippen LogP contribution in [-0.2, 0) is 14.3 Å². The summed E-state index contributed by atoms with van der Waals surface area (Å²) in [6.45, 7) is 21.7. The van der Waals surface area contributed by atoms with Crippen LogP contribution in [0.15, 0.2) is 19.0 Å². The van der Waals surface area contributed by atoms with E-state index in [4.69, 9.17) is 9.47 Å². The molecule has 2 aromatic heterocycles. The number of aromatic nitrogens is 2. The van der Waals surface area contributed by atoms with Gasteiger partial charge in [0.25, 0.3) is 0 Å². The largest absolute Gasteiger partial charge is 0.444 e. The maximum Gasteiger partial charge on any atom is 0.420 e. The van der Waals surface area contributed by atoms with Crippen molar-refractivity contribution in [2.45, 2.75) is 92.4 Å². The van der Waals surface area contributed by atoms with Crippen molar-refractivity contribution in [1.82, 2.24) is 14.9 Å². The number of anilines is 2. The standard InChI is InChI=1S/C29H43N5O5/c1-17(2)20-14-30-24-22(21(32-25(35)18(3)4)16-34(24)27(37)39-29(8,9)10)23(20)33-13-11-12-19(15-33)31-26(36)38-28(5,6)7/h14,16,18-19H,1,11-13,15H2,2-10H3,(H,31,36)(H,32,35). The molecule has 1 atom stereocenters. The van der Waals surface area contributed by atoms with Crippen LogP contribution in [0, 0.1) is 5.92 Å². The van der Waals surface area contributed by atoms with E-state index < -0.39 is 23.4 Å². The highest BCUT2D eigenvalue weighted by Gasteiger charge is 2.30. The molecule has 10 heteroatoms. The van der Waals surface area contributed by atoms with Crippen LogP contribution in [0.1, 0.15) is 80.7 Å². The molecule has 3 rings (SSSR count). The van der Waals surface area contributed by atoms with E-state index in [2.05, 4.69) is 27.1 Å². The number of amides is 2. The Morgan fingerprint density at radius 3 is 2.31 bits per heavy atom. The molecule has 0 spiro atoms. The molecular weight excluding hydrogens is 498 g/mol. The van der Waals surface area contributed by atoms with Gasteiger partial charge in [0.15, 0.2) is 5.65 Å². The number of ether oxygens (including phenoxy) is 2. The van der Waals surface area contributed by atoms with Crippen molar-refractivity contribution < 1.29 is 23.9 Å². The summed E-state index contributed by atoms with van der Waals surface area (Å²) in [4.78, 5) is 45.3. The molecule has 0 bridgehead atoms. The van der Waals surface area contributed by atoms with Crippen LogP contribution < -0.4 is 15.5 Å². The molecule has 1 fully saturated rings. The van der Waals surface area contributed by atoms with Gasteiger partial charge in [-0.1, -0.05) is 20.4 Å². The van der Waals surface area contributed by atoms with E-state index in [1.165, 1.54) is 4.57 Å². The third-order valence-corrected chi connectivity index (χ3v) is 6.08. The van der Waals surface area contributed by atoms with Crippen LogP contribution >= 0.6 is 0 Å². The Morgan fingerprint density at radius 1 is 1.10 bits per heavy atom. The Balaban J connectivity index is 2.14. The van der Waals surface area contributed by atoms with Crippen molar-refractivity contribution in [1.29, 1.82) is 0 Å².